The molecule has 1 aromatic rings. The molecule has 0 radical (unpaired) electrons. The molecule has 1 aliphatic rings. The SMILES string of the molecule is Cc1nc(SC2CCOCC2)c(N)[nH]1. The summed E-state index contributed by atoms with van der Waals surface area (Å²) in [5.41, 5.74) is 5.79. The largest absolute Gasteiger partial charge is 0.383 e. The standard InChI is InChI=1S/C9H15N3OS/c1-6-11-8(10)9(12-6)14-7-2-4-13-5-3-7/h7H,2-5,10H2,1H3,(H,11,12). The lowest BCUT2D eigenvalue weighted by Gasteiger charge is -2.20. The third-order valence-corrected chi connectivity index (χ3v) is 3.60. The molecule has 0 atom stereocenters. The van der Waals surface area contributed by atoms with Crippen molar-refractivity contribution in [3.63, 3.8) is 0 Å². The smallest absolute Gasteiger partial charge is 0.139 e. The fourth-order valence-electron chi connectivity index (χ4n) is 1.53. The second-order valence-corrected chi connectivity index (χ2v) is 4.76. The monoisotopic (exact) mass is 213 g/mol. The summed E-state index contributed by atoms with van der Waals surface area (Å²) in [6, 6.07) is 0. The zero-order chi connectivity index (χ0) is 9.97. The Labute approximate surface area is 87.6 Å². The number of ether oxygens (including phenoxy) is 1. The second-order valence-electron chi connectivity index (χ2n) is 3.47. The molecule has 0 aromatic carbocycles. The van der Waals surface area contributed by atoms with Gasteiger partial charge in [0, 0.05) is 18.5 Å². The first-order valence-corrected chi connectivity index (χ1v) is 5.70. The minimum atomic E-state index is 0.605. The van der Waals surface area contributed by atoms with Crippen LogP contribution < -0.4 is 5.73 Å². The number of nitrogens with zero attached hydrogens (tertiary/aromatic N) is 1. The van der Waals surface area contributed by atoms with E-state index in [1.807, 2.05) is 6.92 Å². The number of aromatic amines is 1. The molecular formula is C9H15N3OS. The maximum absolute atomic E-state index is 5.79. The molecule has 1 saturated heterocycles. The highest BCUT2D eigenvalue weighted by Gasteiger charge is 2.17. The van der Waals surface area contributed by atoms with Crippen LogP contribution in [0.2, 0.25) is 0 Å². The minimum Gasteiger partial charge on any atom is -0.383 e. The van der Waals surface area contributed by atoms with Crippen LogP contribution in [0.1, 0.15) is 18.7 Å². The second kappa shape index (κ2) is 4.23. The number of imidazole rings is 1. The average Bonchev–Trinajstić information content (AvgIpc) is 2.47. The fourth-order valence-corrected chi connectivity index (χ4v) is 2.64. The Morgan fingerprint density at radius 1 is 1.50 bits per heavy atom. The van der Waals surface area contributed by atoms with E-state index >= 15 is 0 Å². The van der Waals surface area contributed by atoms with Crippen molar-refractivity contribution in [1.29, 1.82) is 0 Å². The molecule has 3 N–H and O–H groups in total. The van der Waals surface area contributed by atoms with E-state index in [-0.39, 0.29) is 0 Å². The zero-order valence-electron chi connectivity index (χ0n) is 8.25. The van der Waals surface area contributed by atoms with E-state index in [0.717, 1.165) is 36.9 Å². The molecule has 2 heterocycles. The van der Waals surface area contributed by atoms with Gasteiger partial charge in [0.2, 0.25) is 0 Å². The Bertz CT molecular complexity index is 307. The number of nitrogens with one attached hydrogen (secondary N) is 1. The molecule has 0 unspecified atom stereocenters. The van der Waals surface area contributed by atoms with Crippen molar-refractivity contribution in [2.24, 2.45) is 0 Å². The van der Waals surface area contributed by atoms with E-state index < -0.39 is 0 Å². The molecule has 0 spiro atoms. The van der Waals surface area contributed by atoms with Gasteiger partial charge >= 0.3 is 0 Å². The van der Waals surface area contributed by atoms with Crippen molar-refractivity contribution < 1.29 is 4.74 Å². The Hall–Kier alpha value is -0.680. The highest BCUT2D eigenvalue weighted by molar-refractivity contribution is 8.00. The number of aromatic nitrogens is 2. The molecular weight excluding hydrogens is 198 g/mol. The molecule has 1 aromatic heterocycles. The molecule has 0 amide bonds. The summed E-state index contributed by atoms with van der Waals surface area (Å²) in [7, 11) is 0. The number of nitrogens with two attached hydrogens (primary N) is 1. The third kappa shape index (κ3) is 2.22. The van der Waals surface area contributed by atoms with E-state index in [1.54, 1.807) is 11.8 Å². The summed E-state index contributed by atoms with van der Waals surface area (Å²) >= 11 is 1.76. The minimum absolute atomic E-state index is 0.605. The average molecular weight is 213 g/mol. The molecule has 14 heavy (non-hydrogen) atoms. The summed E-state index contributed by atoms with van der Waals surface area (Å²) in [5, 5.41) is 1.54. The van der Waals surface area contributed by atoms with Gasteiger partial charge in [-0.2, -0.15) is 0 Å². The van der Waals surface area contributed by atoms with E-state index in [4.69, 9.17) is 10.5 Å². The van der Waals surface area contributed by atoms with Crippen molar-refractivity contribution in [2.75, 3.05) is 18.9 Å². The fraction of sp³-hybridized carbons (Fsp3) is 0.667. The summed E-state index contributed by atoms with van der Waals surface area (Å²) < 4.78 is 5.30. The van der Waals surface area contributed by atoms with E-state index in [0.29, 0.717) is 11.1 Å². The van der Waals surface area contributed by atoms with Crippen molar-refractivity contribution in [3.8, 4) is 0 Å². The number of aryl methyl sites for hydroxylation is 1. The Balaban J connectivity index is 1.98. The van der Waals surface area contributed by atoms with Crippen LogP contribution in [0.3, 0.4) is 0 Å². The molecule has 1 fully saturated rings. The van der Waals surface area contributed by atoms with Crippen molar-refractivity contribution >= 4 is 17.6 Å². The topological polar surface area (TPSA) is 63.9 Å². The highest BCUT2D eigenvalue weighted by Crippen LogP contribution is 2.31. The van der Waals surface area contributed by atoms with Crippen LogP contribution in [0.5, 0.6) is 0 Å². The molecule has 0 bridgehead atoms. The molecule has 4 nitrogen and oxygen atoms in total. The van der Waals surface area contributed by atoms with E-state index in [9.17, 15) is 0 Å². The van der Waals surface area contributed by atoms with Crippen molar-refractivity contribution in [1.82, 2.24) is 9.97 Å². The molecule has 0 saturated carbocycles. The van der Waals surface area contributed by atoms with Crippen LogP contribution in [0.25, 0.3) is 0 Å². The predicted octanol–water partition coefficient (Wildman–Crippen LogP) is 1.57. The number of hydrogen-bond donors (Lipinski definition) is 2. The normalized spacial score (nSPS) is 18.6. The van der Waals surface area contributed by atoms with Gasteiger partial charge in [0.1, 0.15) is 16.7 Å². The Morgan fingerprint density at radius 3 is 2.79 bits per heavy atom. The highest BCUT2D eigenvalue weighted by atomic mass is 32.2. The Morgan fingerprint density at radius 2 is 2.21 bits per heavy atom. The van der Waals surface area contributed by atoms with Gasteiger partial charge in [-0.3, -0.25) is 0 Å². The first-order chi connectivity index (χ1) is 6.75. The third-order valence-electron chi connectivity index (χ3n) is 2.26. The number of thioether (sulfide) groups is 1. The lowest BCUT2D eigenvalue weighted by Crippen LogP contribution is -2.17. The number of nitrogen functional groups attached to an aromatic ring is 1. The molecule has 2 rings (SSSR count). The van der Waals surface area contributed by atoms with Gasteiger partial charge in [-0.1, -0.05) is 11.8 Å². The maximum Gasteiger partial charge on any atom is 0.139 e. The lowest BCUT2D eigenvalue weighted by atomic mass is 10.2. The van der Waals surface area contributed by atoms with Crippen LogP contribution in [-0.4, -0.2) is 28.4 Å². The molecule has 1 aliphatic heterocycles. The summed E-state index contributed by atoms with van der Waals surface area (Å²) in [6.45, 7) is 3.65. The first kappa shape index (κ1) is 9.86. The maximum atomic E-state index is 5.79. The number of rotatable bonds is 2. The lowest BCUT2D eigenvalue weighted by molar-refractivity contribution is 0.1000. The molecule has 5 heteroatoms. The van der Waals surface area contributed by atoms with Crippen LogP contribution in [0, 0.1) is 6.92 Å². The molecule has 0 aliphatic carbocycles. The number of hydrogen-bond acceptors (Lipinski definition) is 4. The number of H-pyrrole nitrogens is 1. The Kier molecular flexibility index (Phi) is 2.98. The van der Waals surface area contributed by atoms with Gasteiger partial charge in [0.25, 0.3) is 0 Å². The predicted molar refractivity (Wildman–Crippen MR) is 57.4 cm³/mol. The summed E-state index contributed by atoms with van der Waals surface area (Å²) in [6.07, 6.45) is 2.19. The quantitative estimate of drug-likeness (QED) is 0.782. The van der Waals surface area contributed by atoms with Gasteiger partial charge in [0.05, 0.1) is 0 Å². The first-order valence-electron chi connectivity index (χ1n) is 4.82. The van der Waals surface area contributed by atoms with Crippen LogP contribution in [0.15, 0.2) is 5.03 Å². The van der Waals surface area contributed by atoms with Gasteiger partial charge in [0.15, 0.2) is 0 Å². The van der Waals surface area contributed by atoms with Gasteiger partial charge < -0.3 is 15.5 Å². The number of anilines is 1. The van der Waals surface area contributed by atoms with E-state index in [2.05, 4.69) is 9.97 Å². The molecule has 78 valence electrons. The summed E-state index contributed by atoms with van der Waals surface area (Å²) in [4.78, 5) is 7.36. The van der Waals surface area contributed by atoms with Crippen molar-refractivity contribution in [3.05, 3.63) is 5.82 Å². The van der Waals surface area contributed by atoms with Gasteiger partial charge in [-0.15, -0.1) is 0 Å². The van der Waals surface area contributed by atoms with Crippen molar-refractivity contribution in [2.45, 2.75) is 30.0 Å². The van der Waals surface area contributed by atoms with Crippen LogP contribution >= 0.6 is 11.8 Å². The van der Waals surface area contributed by atoms with E-state index in [1.165, 1.54) is 0 Å². The van der Waals surface area contributed by atoms with Crippen LogP contribution in [-0.2, 0) is 4.74 Å². The van der Waals surface area contributed by atoms with Gasteiger partial charge in [-0.05, 0) is 19.8 Å². The van der Waals surface area contributed by atoms with Crippen LogP contribution in [0.4, 0.5) is 5.82 Å². The van der Waals surface area contributed by atoms with Gasteiger partial charge in [-0.25, -0.2) is 4.98 Å². The summed E-state index contributed by atoms with van der Waals surface area (Å²) in [5.74, 6) is 1.58. The zero-order valence-corrected chi connectivity index (χ0v) is 9.06.